The van der Waals surface area contributed by atoms with E-state index in [1.165, 1.54) is 0 Å². The number of nitrogens with zero attached hydrogens (tertiary/aromatic N) is 2. The van der Waals surface area contributed by atoms with Crippen molar-refractivity contribution in [3.63, 3.8) is 0 Å². The van der Waals surface area contributed by atoms with Crippen LogP contribution in [0.25, 0.3) is 0 Å². The fraction of sp³-hybridized carbons (Fsp3) is 0.350. The van der Waals surface area contributed by atoms with Crippen LogP contribution in [0.2, 0.25) is 5.02 Å². The number of rotatable bonds is 4. The van der Waals surface area contributed by atoms with Crippen LogP contribution in [0.3, 0.4) is 0 Å². The van der Waals surface area contributed by atoms with Gasteiger partial charge in [-0.05, 0) is 48.0 Å². The first-order valence-electron chi connectivity index (χ1n) is 8.66. The van der Waals surface area contributed by atoms with Crippen LogP contribution in [0.15, 0.2) is 47.6 Å². The number of halogens is 1. The molecule has 25 heavy (non-hydrogen) atoms. The number of benzene rings is 2. The van der Waals surface area contributed by atoms with Crippen molar-refractivity contribution in [2.24, 2.45) is 5.10 Å². The molecule has 2 heterocycles. The Morgan fingerprint density at radius 2 is 2.04 bits per heavy atom. The molecule has 2 aliphatic heterocycles. The summed E-state index contributed by atoms with van der Waals surface area (Å²) in [5.74, 6) is 1.78. The molecule has 0 aliphatic carbocycles. The third kappa shape index (κ3) is 2.95. The van der Waals surface area contributed by atoms with Gasteiger partial charge in [-0.15, -0.1) is 0 Å². The summed E-state index contributed by atoms with van der Waals surface area (Å²) in [6.07, 6.45) is 2.81. The molecule has 0 bridgehead atoms. The van der Waals surface area contributed by atoms with Crippen LogP contribution in [-0.4, -0.2) is 24.1 Å². The SMILES string of the molecule is CCC[C@H]1Oc2ccc(Cl)cc2[C@@H]2CC(c3ccc(OC)cc3)=NN12. The Balaban J connectivity index is 1.69. The maximum absolute atomic E-state index is 6.23. The Morgan fingerprint density at radius 3 is 2.76 bits per heavy atom. The molecule has 2 aliphatic rings. The average Bonchev–Trinajstić information content (AvgIpc) is 3.08. The van der Waals surface area contributed by atoms with Gasteiger partial charge in [-0.1, -0.05) is 24.9 Å². The summed E-state index contributed by atoms with van der Waals surface area (Å²) in [6, 6.07) is 14.1. The first-order valence-corrected chi connectivity index (χ1v) is 9.03. The first-order chi connectivity index (χ1) is 12.2. The summed E-state index contributed by atoms with van der Waals surface area (Å²) in [5, 5.41) is 7.75. The normalized spacial score (nSPS) is 21.2. The van der Waals surface area contributed by atoms with Gasteiger partial charge in [0, 0.05) is 23.4 Å². The molecule has 0 N–H and O–H groups in total. The van der Waals surface area contributed by atoms with Gasteiger partial charge in [0.05, 0.1) is 18.9 Å². The highest BCUT2D eigenvalue weighted by atomic mass is 35.5. The molecule has 2 aromatic rings. The van der Waals surface area contributed by atoms with Crippen molar-refractivity contribution in [1.29, 1.82) is 0 Å². The summed E-state index contributed by atoms with van der Waals surface area (Å²) >= 11 is 6.23. The van der Waals surface area contributed by atoms with Gasteiger partial charge in [-0.25, -0.2) is 0 Å². The molecule has 5 heteroatoms. The lowest BCUT2D eigenvalue weighted by Gasteiger charge is -2.38. The molecule has 130 valence electrons. The number of hydrazone groups is 1. The fourth-order valence-corrected chi connectivity index (χ4v) is 3.71. The quantitative estimate of drug-likeness (QED) is 0.771. The maximum Gasteiger partial charge on any atom is 0.187 e. The van der Waals surface area contributed by atoms with E-state index < -0.39 is 0 Å². The second-order valence-corrected chi connectivity index (χ2v) is 6.85. The molecule has 0 amide bonds. The highest BCUT2D eigenvalue weighted by Crippen LogP contribution is 2.44. The van der Waals surface area contributed by atoms with Crippen LogP contribution < -0.4 is 9.47 Å². The lowest BCUT2D eigenvalue weighted by molar-refractivity contribution is -0.0223. The summed E-state index contributed by atoms with van der Waals surface area (Å²) in [7, 11) is 1.68. The van der Waals surface area contributed by atoms with E-state index in [0.717, 1.165) is 52.6 Å². The van der Waals surface area contributed by atoms with Gasteiger partial charge in [0.15, 0.2) is 6.23 Å². The third-order valence-corrected chi connectivity index (χ3v) is 5.03. The summed E-state index contributed by atoms with van der Waals surface area (Å²) in [4.78, 5) is 0. The molecule has 2 atom stereocenters. The predicted octanol–water partition coefficient (Wildman–Crippen LogP) is 5.02. The van der Waals surface area contributed by atoms with Gasteiger partial charge in [0.25, 0.3) is 0 Å². The summed E-state index contributed by atoms with van der Waals surface area (Å²) < 4.78 is 11.5. The summed E-state index contributed by atoms with van der Waals surface area (Å²) in [6.45, 7) is 2.17. The van der Waals surface area contributed by atoms with Crippen LogP contribution >= 0.6 is 11.6 Å². The highest BCUT2D eigenvalue weighted by molar-refractivity contribution is 6.30. The van der Waals surface area contributed by atoms with Crippen molar-refractivity contribution in [2.45, 2.75) is 38.5 Å². The van der Waals surface area contributed by atoms with E-state index in [-0.39, 0.29) is 12.3 Å². The van der Waals surface area contributed by atoms with Crippen molar-refractivity contribution in [3.8, 4) is 11.5 Å². The Hall–Kier alpha value is -2.20. The predicted molar refractivity (Wildman–Crippen MR) is 99.5 cm³/mol. The minimum Gasteiger partial charge on any atom is -0.497 e. The number of ether oxygens (including phenoxy) is 2. The van der Waals surface area contributed by atoms with Crippen molar-refractivity contribution in [2.75, 3.05) is 7.11 Å². The van der Waals surface area contributed by atoms with Crippen LogP contribution in [0.1, 0.15) is 43.4 Å². The molecular formula is C20H21ClN2O2. The largest absolute Gasteiger partial charge is 0.497 e. The Bertz CT molecular complexity index is 804. The number of hydrogen-bond donors (Lipinski definition) is 0. The number of methoxy groups -OCH3 is 1. The van der Waals surface area contributed by atoms with Crippen molar-refractivity contribution in [1.82, 2.24) is 5.01 Å². The van der Waals surface area contributed by atoms with Crippen LogP contribution in [0.4, 0.5) is 0 Å². The van der Waals surface area contributed by atoms with Crippen LogP contribution in [-0.2, 0) is 0 Å². The van der Waals surface area contributed by atoms with E-state index in [0.29, 0.717) is 0 Å². The minimum atomic E-state index is -0.0283. The van der Waals surface area contributed by atoms with E-state index in [4.69, 9.17) is 26.2 Å². The lowest BCUT2D eigenvalue weighted by Crippen LogP contribution is -2.40. The Labute approximate surface area is 153 Å². The van der Waals surface area contributed by atoms with Gasteiger partial charge >= 0.3 is 0 Å². The van der Waals surface area contributed by atoms with Gasteiger partial charge in [0.1, 0.15) is 11.5 Å². The fourth-order valence-electron chi connectivity index (χ4n) is 3.53. The van der Waals surface area contributed by atoms with Gasteiger partial charge in [-0.3, -0.25) is 5.01 Å². The van der Waals surface area contributed by atoms with Crippen molar-refractivity contribution < 1.29 is 9.47 Å². The molecule has 0 aromatic heterocycles. The molecule has 0 spiro atoms. The van der Waals surface area contributed by atoms with Crippen LogP contribution in [0.5, 0.6) is 11.5 Å². The molecule has 2 aromatic carbocycles. The molecule has 0 saturated heterocycles. The van der Waals surface area contributed by atoms with Gasteiger partial charge in [-0.2, -0.15) is 5.10 Å². The second-order valence-electron chi connectivity index (χ2n) is 6.42. The topological polar surface area (TPSA) is 34.1 Å². The molecule has 0 fully saturated rings. The van der Waals surface area contributed by atoms with E-state index in [1.807, 2.05) is 30.3 Å². The van der Waals surface area contributed by atoms with Crippen molar-refractivity contribution >= 4 is 17.3 Å². The summed E-state index contributed by atoms with van der Waals surface area (Å²) in [5.41, 5.74) is 3.31. The molecule has 4 rings (SSSR count). The first kappa shape index (κ1) is 16.3. The Morgan fingerprint density at radius 1 is 1.24 bits per heavy atom. The minimum absolute atomic E-state index is 0.0283. The molecule has 4 nitrogen and oxygen atoms in total. The van der Waals surface area contributed by atoms with Gasteiger partial charge < -0.3 is 9.47 Å². The van der Waals surface area contributed by atoms with E-state index >= 15 is 0 Å². The zero-order chi connectivity index (χ0) is 17.4. The third-order valence-electron chi connectivity index (χ3n) is 4.79. The number of fused-ring (bicyclic) bond motifs is 3. The average molecular weight is 357 g/mol. The lowest BCUT2D eigenvalue weighted by atomic mass is 9.96. The molecular weight excluding hydrogens is 336 g/mol. The van der Waals surface area contributed by atoms with E-state index in [9.17, 15) is 0 Å². The van der Waals surface area contributed by atoms with E-state index in [1.54, 1.807) is 7.11 Å². The maximum atomic E-state index is 6.23. The zero-order valence-electron chi connectivity index (χ0n) is 14.4. The zero-order valence-corrected chi connectivity index (χ0v) is 15.2. The van der Waals surface area contributed by atoms with E-state index in [2.05, 4.69) is 24.1 Å². The molecule has 0 saturated carbocycles. The second kappa shape index (κ2) is 6.60. The standard InChI is InChI=1S/C20H21ClN2O2/c1-3-4-20-23-18(16-11-14(21)7-10-19(16)25-20)12-17(22-23)13-5-8-15(24-2)9-6-13/h5-11,18,20H,3-4,12H2,1-2H3/t18-,20+/m0/s1. The number of hydrogen-bond acceptors (Lipinski definition) is 4. The van der Waals surface area contributed by atoms with Crippen molar-refractivity contribution in [3.05, 3.63) is 58.6 Å². The Kier molecular flexibility index (Phi) is 4.30. The van der Waals surface area contributed by atoms with Gasteiger partial charge in [0.2, 0.25) is 0 Å². The monoisotopic (exact) mass is 356 g/mol. The smallest absolute Gasteiger partial charge is 0.187 e. The molecule has 0 radical (unpaired) electrons. The molecule has 0 unspecified atom stereocenters. The van der Waals surface area contributed by atoms with Crippen LogP contribution in [0, 0.1) is 0 Å². The highest BCUT2D eigenvalue weighted by Gasteiger charge is 2.39.